The highest BCUT2D eigenvalue weighted by molar-refractivity contribution is 5.92. The first-order valence-electron chi connectivity index (χ1n) is 12.9. The van der Waals surface area contributed by atoms with Gasteiger partial charge in [0.05, 0.1) is 6.04 Å². The molecule has 0 unspecified atom stereocenters. The molecule has 6 rings (SSSR count). The fourth-order valence-corrected chi connectivity index (χ4v) is 5.11. The Morgan fingerprint density at radius 1 is 0.947 bits per heavy atom. The SMILES string of the molecule is O=Cc1ccc(NC(=O)COc2cccc([C@@H](NC(=O)O[C@H]3CN4CCC3CC4)c3ccccc3)c2)cc1. The van der Waals surface area contributed by atoms with Crippen LogP contribution < -0.4 is 15.4 Å². The molecule has 3 heterocycles. The Labute approximate surface area is 221 Å². The molecule has 38 heavy (non-hydrogen) atoms. The predicted octanol–water partition coefficient (Wildman–Crippen LogP) is 4.43. The van der Waals surface area contributed by atoms with Crippen LogP contribution in [0.15, 0.2) is 78.9 Å². The minimum Gasteiger partial charge on any atom is -0.484 e. The fourth-order valence-electron chi connectivity index (χ4n) is 5.11. The normalized spacial score (nSPS) is 20.7. The first kappa shape index (κ1) is 25.5. The van der Waals surface area contributed by atoms with Crippen LogP contribution in [-0.2, 0) is 9.53 Å². The van der Waals surface area contributed by atoms with E-state index in [9.17, 15) is 14.4 Å². The maximum atomic E-state index is 13.0. The third kappa shape index (κ3) is 6.39. The summed E-state index contributed by atoms with van der Waals surface area (Å²) in [5, 5.41) is 5.80. The van der Waals surface area contributed by atoms with E-state index >= 15 is 0 Å². The third-order valence-electron chi connectivity index (χ3n) is 7.14. The average molecular weight is 514 g/mol. The van der Waals surface area contributed by atoms with Gasteiger partial charge in [0.15, 0.2) is 6.61 Å². The predicted molar refractivity (Wildman–Crippen MR) is 143 cm³/mol. The molecular weight excluding hydrogens is 482 g/mol. The van der Waals surface area contributed by atoms with Gasteiger partial charge in [0, 0.05) is 17.8 Å². The second-order valence-corrected chi connectivity index (χ2v) is 9.72. The van der Waals surface area contributed by atoms with Crippen molar-refractivity contribution in [2.24, 2.45) is 5.92 Å². The van der Waals surface area contributed by atoms with Gasteiger partial charge >= 0.3 is 6.09 Å². The molecule has 2 bridgehead atoms. The van der Waals surface area contributed by atoms with Crippen molar-refractivity contribution in [2.45, 2.75) is 25.0 Å². The lowest BCUT2D eigenvalue weighted by Crippen LogP contribution is -2.52. The van der Waals surface area contributed by atoms with E-state index < -0.39 is 12.1 Å². The standard InChI is InChI=1S/C30H31N3O5/c34-19-21-9-11-25(12-10-21)31-28(35)20-37-26-8-4-7-24(17-26)29(23-5-2-1-3-6-23)32-30(36)38-27-18-33-15-13-22(27)14-16-33/h1-12,17,19,22,27,29H,13-16,18,20H2,(H,31,35)(H,32,36)/t27-,29-/m0/s1. The molecule has 196 valence electrons. The highest BCUT2D eigenvalue weighted by atomic mass is 16.6. The van der Waals surface area contributed by atoms with Gasteiger partial charge in [0.2, 0.25) is 0 Å². The molecule has 8 heteroatoms. The second-order valence-electron chi connectivity index (χ2n) is 9.72. The number of piperidine rings is 3. The van der Waals surface area contributed by atoms with E-state index in [2.05, 4.69) is 15.5 Å². The van der Waals surface area contributed by atoms with E-state index in [1.807, 2.05) is 48.5 Å². The summed E-state index contributed by atoms with van der Waals surface area (Å²) in [6.45, 7) is 2.76. The Morgan fingerprint density at radius 3 is 2.37 bits per heavy atom. The molecule has 0 aromatic heterocycles. The summed E-state index contributed by atoms with van der Waals surface area (Å²) >= 11 is 0. The summed E-state index contributed by atoms with van der Waals surface area (Å²) in [5.41, 5.74) is 2.83. The number of hydrogen-bond acceptors (Lipinski definition) is 6. The van der Waals surface area contributed by atoms with Crippen LogP contribution in [0.2, 0.25) is 0 Å². The van der Waals surface area contributed by atoms with Crippen LogP contribution in [0.3, 0.4) is 0 Å². The molecule has 3 saturated heterocycles. The number of benzene rings is 3. The molecule has 2 amide bonds. The van der Waals surface area contributed by atoms with Crippen molar-refractivity contribution < 1.29 is 23.9 Å². The zero-order valence-electron chi connectivity index (χ0n) is 21.0. The van der Waals surface area contributed by atoms with Crippen molar-refractivity contribution in [1.82, 2.24) is 10.2 Å². The summed E-state index contributed by atoms with van der Waals surface area (Å²) in [4.78, 5) is 38.5. The van der Waals surface area contributed by atoms with Gasteiger partial charge in [-0.15, -0.1) is 0 Å². The quantitative estimate of drug-likeness (QED) is 0.411. The molecule has 2 atom stereocenters. The highest BCUT2D eigenvalue weighted by Crippen LogP contribution is 2.30. The van der Waals surface area contributed by atoms with Gasteiger partial charge in [-0.05, 0) is 79.4 Å². The molecule has 3 fully saturated rings. The van der Waals surface area contributed by atoms with Gasteiger partial charge in [-0.1, -0.05) is 42.5 Å². The number of anilines is 1. The molecule has 0 aliphatic carbocycles. The van der Waals surface area contributed by atoms with E-state index in [1.54, 1.807) is 30.3 Å². The molecule has 0 radical (unpaired) electrons. The van der Waals surface area contributed by atoms with Gasteiger partial charge in [0.25, 0.3) is 5.91 Å². The molecule has 3 aromatic carbocycles. The third-order valence-corrected chi connectivity index (χ3v) is 7.14. The van der Waals surface area contributed by atoms with Crippen LogP contribution in [0.4, 0.5) is 10.5 Å². The number of rotatable bonds is 9. The number of carbonyl (C=O) groups is 3. The molecule has 3 aromatic rings. The Morgan fingerprint density at radius 2 is 1.68 bits per heavy atom. The second kappa shape index (κ2) is 11.9. The maximum absolute atomic E-state index is 13.0. The maximum Gasteiger partial charge on any atom is 0.408 e. The van der Waals surface area contributed by atoms with E-state index in [4.69, 9.17) is 9.47 Å². The molecular formula is C30H31N3O5. The molecule has 3 aliphatic rings. The van der Waals surface area contributed by atoms with Gasteiger partial charge in [0.1, 0.15) is 18.1 Å². The summed E-state index contributed by atoms with van der Waals surface area (Å²) in [6.07, 6.45) is 2.35. The minimum atomic E-state index is -0.446. The van der Waals surface area contributed by atoms with E-state index in [-0.39, 0.29) is 18.6 Å². The number of nitrogens with one attached hydrogen (secondary N) is 2. The van der Waals surface area contributed by atoms with Crippen molar-refractivity contribution in [3.63, 3.8) is 0 Å². The smallest absolute Gasteiger partial charge is 0.408 e. The Hall–Kier alpha value is -4.17. The number of carbonyl (C=O) groups excluding carboxylic acids is 3. The van der Waals surface area contributed by atoms with Crippen molar-refractivity contribution in [2.75, 3.05) is 31.6 Å². The largest absolute Gasteiger partial charge is 0.484 e. The Kier molecular flexibility index (Phi) is 7.99. The summed E-state index contributed by atoms with van der Waals surface area (Å²) in [6, 6.07) is 23.1. The number of hydrogen-bond donors (Lipinski definition) is 2. The van der Waals surface area contributed by atoms with E-state index in [0.717, 1.165) is 49.9 Å². The van der Waals surface area contributed by atoms with Gasteiger partial charge in [-0.3, -0.25) is 14.5 Å². The van der Waals surface area contributed by atoms with E-state index in [0.29, 0.717) is 22.9 Å². The summed E-state index contributed by atoms with van der Waals surface area (Å²) in [7, 11) is 0. The lowest BCUT2D eigenvalue weighted by molar-refractivity contribution is -0.118. The molecule has 3 aliphatic heterocycles. The van der Waals surface area contributed by atoms with Crippen molar-refractivity contribution in [3.05, 3.63) is 95.6 Å². The Balaban J connectivity index is 1.24. The first-order chi connectivity index (χ1) is 18.6. The van der Waals surface area contributed by atoms with Crippen LogP contribution >= 0.6 is 0 Å². The van der Waals surface area contributed by atoms with Gasteiger partial charge in [-0.25, -0.2) is 4.79 Å². The fraction of sp³-hybridized carbons (Fsp3) is 0.300. The lowest BCUT2D eigenvalue weighted by Gasteiger charge is -2.43. The molecule has 0 spiro atoms. The molecule has 8 nitrogen and oxygen atoms in total. The number of amides is 2. The zero-order valence-corrected chi connectivity index (χ0v) is 21.0. The zero-order chi connectivity index (χ0) is 26.3. The molecule has 0 saturated carbocycles. The lowest BCUT2D eigenvalue weighted by atomic mass is 9.86. The number of nitrogens with zero attached hydrogens (tertiary/aromatic N) is 1. The van der Waals surface area contributed by atoms with Crippen molar-refractivity contribution in [1.29, 1.82) is 0 Å². The highest BCUT2D eigenvalue weighted by Gasteiger charge is 2.36. The van der Waals surface area contributed by atoms with Crippen LogP contribution in [0.25, 0.3) is 0 Å². The monoisotopic (exact) mass is 513 g/mol. The number of fused-ring (bicyclic) bond motifs is 3. The van der Waals surface area contributed by atoms with Gasteiger partial charge in [-0.2, -0.15) is 0 Å². The van der Waals surface area contributed by atoms with Crippen molar-refractivity contribution >= 4 is 24.0 Å². The summed E-state index contributed by atoms with van der Waals surface area (Å²) in [5.74, 6) is 0.599. The topological polar surface area (TPSA) is 97.0 Å². The first-order valence-corrected chi connectivity index (χ1v) is 12.9. The van der Waals surface area contributed by atoms with Crippen LogP contribution in [0, 0.1) is 5.92 Å². The van der Waals surface area contributed by atoms with Crippen LogP contribution in [-0.4, -0.2) is 55.5 Å². The number of ether oxygens (including phenoxy) is 2. The Bertz CT molecular complexity index is 1260. The number of alkyl carbamates (subject to hydrolysis) is 1. The van der Waals surface area contributed by atoms with Crippen LogP contribution in [0.5, 0.6) is 5.75 Å². The minimum absolute atomic E-state index is 0.0863. The summed E-state index contributed by atoms with van der Waals surface area (Å²) < 4.78 is 11.6. The average Bonchev–Trinajstić information content (AvgIpc) is 2.96. The van der Waals surface area contributed by atoms with E-state index in [1.165, 1.54) is 0 Å². The molecule has 2 N–H and O–H groups in total. The van der Waals surface area contributed by atoms with Crippen molar-refractivity contribution in [3.8, 4) is 5.75 Å². The van der Waals surface area contributed by atoms with Gasteiger partial charge < -0.3 is 20.1 Å². The van der Waals surface area contributed by atoms with Crippen LogP contribution in [0.1, 0.15) is 40.4 Å². The number of aldehydes is 1.